The summed E-state index contributed by atoms with van der Waals surface area (Å²) in [5.74, 6) is 1.35. The van der Waals surface area contributed by atoms with Crippen LogP contribution < -0.4 is 10.1 Å². The lowest BCUT2D eigenvalue weighted by molar-refractivity contribution is -0.116. The van der Waals surface area contributed by atoms with Crippen molar-refractivity contribution in [1.29, 1.82) is 0 Å². The highest BCUT2D eigenvalue weighted by Crippen LogP contribution is 2.16. The molecule has 0 bridgehead atoms. The Hall–Kier alpha value is -1.22. The number of anilines is 1. The number of methoxy groups -OCH3 is 1. The molecule has 0 aromatic heterocycles. The zero-order valence-electron chi connectivity index (χ0n) is 9.33. The second kappa shape index (κ2) is 7.12. The first kappa shape index (κ1) is 12.8. The van der Waals surface area contributed by atoms with Crippen LogP contribution in [0.25, 0.3) is 0 Å². The first-order valence-electron chi connectivity index (χ1n) is 5.26. The SMILES string of the molecule is COc1cccc(NC(=O)CCCCCl)c1. The molecule has 3 nitrogen and oxygen atoms in total. The fourth-order valence-electron chi connectivity index (χ4n) is 1.30. The molecule has 0 radical (unpaired) electrons. The Morgan fingerprint density at radius 2 is 2.25 bits per heavy atom. The van der Waals surface area contributed by atoms with Crippen molar-refractivity contribution in [3.8, 4) is 5.75 Å². The number of unbranched alkanes of at least 4 members (excludes halogenated alkanes) is 1. The van der Waals surface area contributed by atoms with E-state index in [1.54, 1.807) is 13.2 Å². The van der Waals surface area contributed by atoms with Gasteiger partial charge in [-0.2, -0.15) is 0 Å². The number of benzene rings is 1. The van der Waals surface area contributed by atoms with E-state index in [0.29, 0.717) is 12.3 Å². The summed E-state index contributed by atoms with van der Waals surface area (Å²) in [4.78, 5) is 11.5. The average Bonchev–Trinajstić information content (AvgIpc) is 2.29. The predicted molar refractivity (Wildman–Crippen MR) is 66.2 cm³/mol. The molecule has 1 amide bonds. The molecule has 4 heteroatoms. The third-order valence-corrected chi connectivity index (χ3v) is 2.41. The minimum Gasteiger partial charge on any atom is -0.497 e. The predicted octanol–water partition coefficient (Wildman–Crippen LogP) is 3.04. The molecular weight excluding hydrogens is 226 g/mol. The van der Waals surface area contributed by atoms with E-state index in [2.05, 4.69) is 5.32 Å². The number of amides is 1. The maximum atomic E-state index is 11.5. The van der Waals surface area contributed by atoms with E-state index in [4.69, 9.17) is 16.3 Å². The maximum Gasteiger partial charge on any atom is 0.224 e. The Kier molecular flexibility index (Phi) is 5.72. The van der Waals surface area contributed by atoms with Gasteiger partial charge in [0.2, 0.25) is 5.91 Å². The summed E-state index contributed by atoms with van der Waals surface area (Å²) in [6.45, 7) is 0. The number of hydrogen-bond acceptors (Lipinski definition) is 2. The fraction of sp³-hybridized carbons (Fsp3) is 0.417. The topological polar surface area (TPSA) is 38.3 Å². The molecule has 0 aliphatic rings. The van der Waals surface area contributed by atoms with Gasteiger partial charge in [-0.15, -0.1) is 11.6 Å². The Morgan fingerprint density at radius 1 is 1.44 bits per heavy atom. The monoisotopic (exact) mass is 241 g/mol. The molecule has 0 heterocycles. The second-order valence-electron chi connectivity index (χ2n) is 3.43. The number of nitrogens with one attached hydrogen (secondary N) is 1. The first-order chi connectivity index (χ1) is 7.76. The lowest BCUT2D eigenvalue weighted by atomic mass is 10.2. The number of alkyl halides is 1. The van der Waals surface area contributed by atoms with E-state index in [1.165, 1.54) is 0 Å². The summed E-state index contributed by atoms with van der Waals surface area (Å²) in [6.07, 6.45) is 2.19. The highest BCUT2D eigenvalue weighted by Gasteiger charge is 2.02. The molecule has 1 rings (SSSR count). The Labute approximate surface area is 101 Å². The van der Waals surface area contributed by atoms with Crippen molar-refractivity contribution in [3.63, 3.8) is 0 Å². The van der Waals surface area contributed by atoms with E-state index < -0.39 is 0 Å². The van der Waals surface area contributed by atoms with Crippen molar-refractivity contribution in [2.24, 2.45) is 0 Å². The molecule has 1 N–H and O–H groups in total. The van der Waals surface area contributed by atoms with Crippen molar-refractivity contribution >= 4 is 23.2 Å². The summed E-state index contributed by atoms with van der Waals surface area (Å²) in [5.41, 5.74) is 0.759. The lowest BCUT2D eigenvalue weighted by Gasteiger charge is -2.06. The molecule has 0 spiro atoms. The van der Waals surface area contributed by atoms with Crippen molar-refractivity contribution < 1.29 is 9.53 Å². The second-order valence-corrected chi connectivity index (χ2v) is 3.80. The van der Waals surface area contributed by atoms with Crippen molar-refractivity contribution in [3.05, 3.63) is 24.3 Å². The van der Waals surface area contributed by atoms with Crippen LogP contribution in [0.4, 0.5) is 5.69 Å². The highest BCUT2D eigenvalue weighted by atomic mass is 35.5. The summed E-state index contributed by atoms with van der Waals surface area (Å²) >= 11 is 5.54. The number of ether oxygens (including phenoxy) is 1. The molecular formula is C12H16ClNO2. The number of halogens is 1. The number of rotatable bonds is 6. The molecule has 0 saturated carbocycles. The molecule has 1 aromatic carbocycles. The van der Waals surface area contributed by atoms with Crippen molar-refractivity contribution in [2.75, 3.05) is 18.3 Å². The summed E-state index contributed by atoms with van der Waals surface area (Å²) in [6, 6.07) is 7.30. The van der Waals surface area contributed by atoms with E-state index in [-0.39, 0.29) is 5.91 Å². The highest BCUT2D eigenvalue weighted by molar-refractivity contribution is 6.17. The Bertz CT molecular complexity index is 342. The first-order valence-corrected chi connectivity index (χ1v) is 5.79. The van der Waals surface area contributed by atoms with Crippen LogP contribution in [0.2, 0.25) is 0 Å². The largest absolute Gasteiger partial charge is 0.497 e. The van der Waals surface area contributed by atoms with Gasteiger partial charge in [-0.25, -0.2) is 0 Å². The van der Waals surface area contributed by atoms with Crippen LogP contribution in [-0.4, -0.2) is 18.9 Å². The molecule has 0 atom stereocenters. The summed E-state index contributed by atoms with van der Waals surface area (Å²) < 4.78 is 5.07. The minimum absolute atomic E-state index is 0.0124. The van der Waals surface area contributed by atoms with Crippen molar-refractivity contribution in [1.82, 2.24) is 0 Å². The van der Waals surface area contributed by atoms with Crippen LogP contribution in [-0.2, 0) is 4.79 Å². The van der Waals surface area contributed by atoms with E-state index in [1.807, 2.05) is 18.2 Å². The van der Waals surface area contributed by atoms with Crippen LogP contribution in [0.3, 0.4) is 0 Å². The van der Waals surface area contributed by atoms with Gasteiger partial charge in [0, 0.05) is 24.1 Å². The van der Waals surface area contributed by atoms with Crippen LogP contribution in [0.1, 0.15) is 19.3 Å². The minimum atomic E-state index is 0.0124. The third-order valence-electron chi connectivity index (χ3n) is 2.14. The van der Waals surface area contributed by atoms with Gasteiger partial charge >= 0.3 is 0 Å². The molecule has 1 aromatic rings. The van der Waals surface area contributed by atoms with Crippen molar-refractivity contribution in [2.45, 2.75) is 19.3 Å². The molecule has 88 valence electrons. The Morgan fingerprint density at radius 3 is 2.94 bits per heavy atom. The molecule has 0 unspecified atom stereocenters. The van der Waals surface area contributed by atoms with Crippen LogP contribution >= 0.6 is 11.6 Å². The number of carbonyl (C=O) groups is 1. The van der Waals surface area contributed by atoms with Gasteiger partial charge in [0.05, 0.1) is 7.11 Å². The van der Waals surface area contributed by atoms with Crippen LogP contribution in [0.5, 0.6) is 5.75 Å². The zero-order chi connectivity index (χ0) is 11.8. The molecule has 0 fully saturated rings. The fourth-order valence-corrected chi connectivity index (χ4v) is 1.49. The lowest BCUT2D eigenvalue weighted by Crippen LogP contribution is -2.11. The van der Waals surface area contributed by atoms with Crippen LogP contribution in [0.15, 0.2) is 24.3 Å². The Balaban J connectivity index is 2.43. The zero-order valence-corrected chi connectivity index (χ0v) is 10.1. The van der Waals surface area contributed by atoms with Gasteiger partial charge in [-0.1, -0.05) is 6.07 Å². The molecule has 0 aliphatic heterocycles. The van der Waals surface area contributed by atoms with Gasteiger partial charge in [-0.05, 0) is 25.0 Å². The number of carbonyl (C=O) groups excluding carboxylic acids is 1. The van der Waals surface area contributed by atoms with Gasteiger partial charge in [-0.3, -0.25) is 4.79 Å². The van der Waals surface area contributed by atoms with E-state index in [0.717, 1.165) is 24.3 Å². The quantitative estimate of drug-likeness (QED) is 0.614. The molecule has 0 saturated heterocycles. The van der Waals surface area contributed by atoms with Gasteiger partial charge in [0.25, 0.3) is 0 Å². The van der Waals surface area contributed by atoms with Gasteiger partial charge < -0.3 is 10.1 Å². The standard InChI is InChI=1S/C12H16ClNO2/c1-16-11-6-4-5-10(9-11)14-12(15)7-2-3-8-13/h4-6,9H,2-3,7-8H2,1H3,(H,14,15). The van der Waals surface area contributed by atoms with E-state index in [9.17, 15) is 4.79 Å². The normalized spacial score (nSPS) is 9.88. The van der Waals surface area contributed by atoms with Gasteiger partial charge in [0.1, 0.15) is 5.75 Å². The van der Waals surface area contributed by atoms with E-state index >= 15 is 0 Å². The third kappa shape index (κ3) is 4.53. The van der Waals surface area contributed by atoms with Gasteiger partial charge in [0.15, 0.2) is 0 Å². The summed E-state index contributed by atoms with van der Waals surface area (Å²) in [5, 5.41) is 2.81. The van der Waals surface area contributed by atoms with Crippen LogP contribution in [0, 0.1) is 0 Å². The smallest absolute Gasteiger partial charge is 0.224 e. The maximum absolute atomic E-state index is 11.5. The number of hydrogen-bond donors (Lipinski definition) is 1. The molecule has 0 aliphatic carbocycles. The summed E-state index contributed by atoms with van der Waals surface area (Å²) in [7, 11) is 1.60. The average molecular weight is 242 g/mol. The molecule has 16 heavy (non-hydrogen) atoms.